The van der Waals surface area contributed by atoms with Crippen LogP contribution in [0.25, 0.3) is 17.0 Å². The van der Waals surface area contributed by atoms with E-state index < -0.39 is 0 Å². The Kier molecular flexibility index (Phi) is 3.87. The van der Waals surface area contributed by atoms with Crippen LogP contribution < -0.4 is 10.3 Å². The molecule has 1 aromatic heterocycles. The number of aromatic nitrogens is 2. The molecule has 0 spiro atoms. The Bertz CT molecular complexity index is 959. The number of benzene rings is 2. The zero-order chi connectivity index (χ0) is 16.4. The molecule has 0 N–H and O–H groups in total. The van der Waals surface area contributed by atoms with Crippen molar-refractivity contribution in [1.82, 2.24) is 9.55 Å². The average molecular weight is 318 g/mol. The molecule has 0 fully saturated rings. The molecule has 0 amide bonds. The van der Waals surface area contributed by atoms with Crippen molar-refractivity contribution >= 4 is 17.0 Å². The van der Waals surface area contributed by atoms with Crippen molar-refractivity contribution in [1.29, 1.82) is 0 Å². The second kappa shape index (κ2) is 6.32. The first-order chi connectivity index (χ1) is 11.8. The van der Waals surface area contributed by atoms with Gasteiger partial charge in [0, 0.05) is 13.0 Å². The van der Waals surface area contributed by atoms with Crippen molar-refractivity contribution in [3.8, 4) is 5.75 Å². The predicted molar refractivity (Wildman–Crippen MR) is 95.3 cm³/mol. The molecule has 0 saturated heterocycles. The summed E-state index contributed by atoms with van der Waals surface area (Å²) < 4.78 is 7.53. The van der Waals surface area contributed by atoms with Gasteiger partial charge >= 0.3 is 0 Å². The van der Waals surface area contributed by atoms with Gasteiger partial charge in [-0.15, -0.1) is 0 Å². The first kappa shape index (κ1) is 14.7. The molecule has 0 atom stereocenters. The van der Waals surface area contributed by atoms with Crippen molar-refractivity contribution in [3.63, 3.8) is 0 Å². The third kappa shape index (κ3) is 2.83. The van der Waals surface area contributed by atoms with E-state index in [0.29, 0.717) is 17.7 Å². The lowest BCUT2D eigenvalue weighted by atomic mass is 10.2. The fraction of sp³-hybridized carbons (Fsp3) is 0.200. The van der Waals surface area contributed by atoms with Gasteiger partial charge in [-0.2, -0.15) is 0 Å². The quantitative estimate of drug-likeness (QED) is 0.740. The first-order valence-electron chi connectivity index (χ1n) is 8.19. The summed E-state index contributed by atoms with van der Waals surface area (Å²) in [6, 6.07) is 15.6. The zero-order valence-corrected chi connectivity index (χ0v) is 13.3. The van der Waals surface area contributed by atoms with Crippen LogP contribution in [0.15, 0.2) is 59.4 Å². The van der Waals surface area contributed by atoms with Crippen molar-refractivity contribution in [3.05, 3.63) is 76.3 Å². The monoisotopic (exact) mass is 318 g/mol. The molecular formula is C20H18N2O2. The Hall–Kier alpha value is -2.88. The number of ether oxygens (including phenoxy) is 1. The summed E-state index contributed by atoms with van der Waals surface area (Å²) in [5.41, 5.74) is 1.93. The van der Waals surface area contributed by atoms with E-state index in [4.69, 9.17) is 4.74 Å². The predicted octanol–water partition coefficient (Wildman–Crippen LogP) is 3.43. The lowest BCUT2D eigenvalue weighted by Crippen LogP contribution is -2.20. The summed E-state index contributed by atoms with van der Waals surface area (Å²) >= 11 is 0. The largest absolute Gasteiger partial charge is 0.490 e. The second-order valence-electron chi connectivity index (χ2n) is 5.89. The Morgan fingerprint density at radius 2 is 2.04 bits per heavy atom. The van der Waals surface area contributed by atoms with E-state index in [9.17, 15) is 4.79 Å². The molecule has 0 aliphatic carbocycles. The van der Waals surface area contributed by atoms with Crippen LogP contribution >= 0.6 is 0 Å². The van der Waals surface area contributed by atoms with Gasteiger partial charge in [-0.3, -0.25) is 9.36 Å². The molecule has 1 aliphatic heterocycles. The summed E-state index contributed by atoms with van der Waals surface area (Å²) in [4.78, 5) is 17.1. The maximum absolute atomic E-state index is 12.5. The highest BCUT2D eigenvalue weighted by atomic mass is 16.5. The van der Waals surface area contributed by atoms with Crippen LogP contribution in [0, 0.1) is 0 Å². The molecule has 24 heavy (non-hydrogen) atoms. The van der Waals surface area contributed by atoms with E-state index in [0.717, 1.165) is 36.3 Å². The Labute approximate surface area is 140 Å². The molecule has 0 unspecified atom stereocenters. The Morgan fingerprint density at radius 3 is 2.92 bits per heavy atom. The summed E-state index contributed by atoms with van der Waals surface area (Å²) in [7, 11) is 0. The van der Waals surface area contributed by atoms with Gasteiger partial charge in [0.2, 0.25) is 0 Å². The van der Waals surface area contributed by atoms with E-state index >= 15 is 0 Å². The SMILES string of the molecule is O=c1c2cc(OC/C=C/c3ccccc3)ccc2nc2n1CCC2. The van der Waals surface area contributed by atoms with Crippen LogP contribution in [0.2, 0.25) is 0 Å². The third-order valence-electron chi connectivity index (χ3n) is 4.24. The van der Waals surface area contributed by atoms with Crippen LogP contribution in [0.4, 0.5) is 0 Å². The van der Waals surface area contributed by atoms with Gasteiger partial charge in [-0.1, -0.05) is 36.4 Å². The number of aryl methyl sites for hydroxylation is 1. The van der Waals surface area contributed by atoms with E-state index in [-0.39, 0.29) is 5.56 Å². The van der Waals surface area contributed by atoms with Gasteiger partial charge in [0.05, 0.1) is 10.9 Å². The molecule has 4 rings (SSSR count). The van der Waals surface area contributed by atoms with Gasteiger partial charge in [0.15, 0.2) is 0 Å². The van der Waals surface area contributed by atoms with Gasteiger partial charge in [0.25, 0.3) is 5.56 Å². The molecule has 3 aromatic rings. The lowest BCUT2D eigenvalue weighted by molar-refractivity contribution is 0.364. The van der Waals surface area contributed by atoms with Crippen molar-refractivity contribution in [2.75, 3.05) is 6.61 Å². The van der Waals surface area contributed by atoms with Gasteiger partial charge < -0.3 is 4.74 Å². The van der Waals surface area contributed by atoms with Crippen LogP contribution in [0.3, 0.4) is 0 Å². The summed E-state index contributed by atoms with van der Waals surface area (Å²) in [5.74, 6) is 1.59. The van der Waals surface area contributed by atoms with E-state index in [1.807, 2.05) is 54.6 Å². The fourth-order valence-corrected chi connectivity index (χ4v) is 3.05. The smallest absolute Gasteiger partial charge is 0.261 e. The van der Waals surface area contributed by atoms with Crippen molar-refractivity contribution < 1.29 is 4.74 Å². The highest BCUT2D eigenvalue weighted by molar-refractivity contribution is 5.79. The molecule has 0 radical (unpaired) electrons. The van der Waals surface area contributed by atoms with Crippen LogP contribution in [0.5, 0.6) is 5.75 Å². The maximum Gasteiger partial charge on any atom is 0.261 e. The van der Waals surface area contributed by atoms with E-state index in [1.54, 1.807) is 10.6 Å². The lowest BCUT2D eigenvalue weighted by Gasteiger charge is -2.07. The first-order valence-corrected chi connectivity index (χ1v) is 8.19. The van der Waals surface area contributed by atoms with Gasteiger partial charge in [0.1, 0.15) is 18.2 Å². The number of rotatable bonds is 4. The molecule has 4 heteroatoms. The highest BCUT2D eigenvalue weighted by Gasteiger charge is 2.16. The molecule has 2 aromatic carbocycles. The molecule has 0 bridgehead atoms. The minimum Gasteiger partial charge on any atom is -0.490 e. The summed E-state index contributed by atoms with van der Waals surface area (Å²) in [5, 5.41) is 0.630. The molecule has 120 valence electrons. The maximum atomic E-state index is 12.5. The molecule has 1 aliphatic rings. The molecule has 2 heterocycles. The number of nitrogens with zero attached hydrogens (tertiary/aromatic N) is 2. The Morgan fingerprint density at radius 1 is 1.17 bits per heavy atom. The van der Waals surface area contributed by atoms with E-state index in [1.165, 1.54) is 0 Å². The minimum atomic E-state index is 0.0396. The topological polar surface area (TPSA) is 44.1 Å². The zero-order valence-electron chi connectivity index (χ0n) is 13.3. The molecule has 4 nitrogen and oxygen atoms in total. The molecule has 0 saturated carbocycles. The fourth-order valence-electron chi connectivity index (χ4n) is 3.05. The summed E-state index contributed by atoms with van der Waals surface area (Å²) in [6.07, 6.45) is 5.86. The van der Waals surface area contributed by atoms with Crippen LogP contribution in [-0.4, -0.2) is 16.2 Å². The molecular weight excluding hydrogens is 300 g/mol. The summed E-state index contributed by atoms with van der Waals surface area (Å²) in [6.45, 7) is 1.22. The second-order valence-corrected chi connectivity index (χ2v) is 5.89. The van der Waals surface area contributed by atoms with Gasteiger partial charge in [-0.25, -0.2) is 4.98 Å². The minimum absolute atomic E-state index is 0.0396. The van der Waals surface area contributed by atoms with Gasteiger partial charge in [-0.05, 0) is 36.3 Å². The average Bonchev–Trinajstić information content (AvgIpc) is 3.09. The number of hydrogen-bond acceptors (Lipinski definition) is 3. The van der Waals surface area contributed by atoms with Crippen molar-refractivity contribution in [2.24, 2.45) is 0 Å². The Balaban J connectivity index is 1.53. The van der Waals surface area contributed by atoms with Crippen LogP contribution in [0.1, 0.15) is 17.8 Å². The van der Waals surface area contributed by atoms with E-state index in [2.05, 4.69) is 4.98 Å². The number of fused-ring (bicyclic) bond motifs is 2. The van der Waals surface area contributed by atoms with Crippen molar-refractivity contribution in [2.45, 2.75) is 19.4 Å². The normalized spacial score (nSPS) is 13.5. The highest BCUT2D eigenvalue weighted by Crippen LogP contribution is 2.19. The standard InChI is InChI=1S/C20H18N2O2/c23-20-17-14-16(24-13-5-8-15-6-2-1-3-7-15)10-11-18(17)21-19-9-4-12-22(19)20/h1-3,5-8,10-11,14H,4,9,12-13H2/b8-5+. The third-order valence-corrected chi connectivity index (χ3v) is 4.24. The van der Waals surface area contributed by atoms with Crippen LogP contribution in [-0.2, 0) is 13.0 Å². The number of hydrogen-bond donors (Lipinski definition) is 0.